The number of amides is 2. The topological polar surface area (TPSA) is 49.4 Å². The summed E-state index contributed by atoms with van der Waals surface area (Å²) in [6, 6.07) is 7.14. The number of hydrogen-bond donors (Lipinski definition) is 1. The van der Waals surface area contributed by atoms with Gasteiger partial charge in [0.1, 0.15) is 4.32 Å². The van der Waals surface area contributed by atoms with Crippen LogP contribution in [0.5, 0.6) is 0 Å². The summed E-state index contributed by atoms with van der Waals surface area (Å²) < 4.78 is 1.44. The smallest absolute Gasteiger partial charge is 0.251 e. The predicted octanol–water partition coefficient (Wildman–Crippen LogP) is 2.04. The summed E-state index contributed by atoms with van der Waals surface area (Å²) in [6.45, 7) is 0.808. The van der Waals surface area contributed by atoms with Crippen molar-refractivity contribution >= 4 is 56.0 Å². The fourth-order valence-corrected chi connectivity index (χ4v) is 3.13. The molecule has 0 unspecified atom stereocenters. The average molecular weight is 359 g/mol. The zero-order valence-corrected chi connectivity index (χ0v) is 13.1. The van der Waals surface area contributed by atoms with Crippen molar-refractivity contribution < 1.29 is 9.59 Å². The quantitative estimate of drug-likeness (QED) is 0.836. The van der Waals surface area contributed by atoms with Gasteiger partial charge in [-0.1, -0.05) is 46.0 Å². The first kappa shape index (κ1) is 14.5. The zero-order chi connectivity index (χ0) is 13.8. The number of thiocarbonyl (C=S) groups is 1. The lowest BCUT2D eigenvalue weighted by Gasteiger charge is -2.15. The zero-order valence-electron chi connectivity index (χ0n) is 9.89. The number of nitrogens with one attached hydrogen (secondary N) is 1. The molecule has 0 radical (unpaired) electrons. The van der Waals surface area contributed by atoms with Gasteiger partial charge >= 0.3 is 0 Å². The second-order valence-electron chi connectivity index (χ2n) is 3.87. The fourth-order valence-electron chi connectivity index (χ4n) is 1.61. The van der Waals surface area contributed by atoms with E-state index in [4.69, 9.17) is 12.2 Å². The Morgan fingerprint density at radius 2 is 2.32 bits per heavy atom. The van der Waals surface area contributed by atoms with Gasteiger partial charge in [-0.2, -0.15) is 0 Å². The standard InChI is InChI=1S/C12H11BrN2O2S2/c13-9-3-1-2-8(6-9)11(17)14-4-5-15-10(16)7-19-12(15)18/h1-3,6H,4-5,7H2,(H,14,17). The van der Waals surface area contributed by atoms with E-state index in [9.17, 15) is 9.59 Å². The maximum Gasteiger partial charge on any atom is 0.251 e. The number of benzene rings is 1. The molecule has 0 saturated carbocycles. The average Bonchev–Trinajstić information content (AvgIpc) is 2.70. The molecule has 0 spiro atoms. The molecular formula is C12H11BrN2O2S2. The van der Waals surface area contributed by atoms with Crippen LogP contribution in [-0.2, 0) is 4.79 Å². The van der Waals surface area contributed by atoms with Crippen molar-refractivity contribution in [2.75, 3.05) is 18.8 Å². The molecule has 7 heteroatoms. The first-order valence-electron chi connectivity index (χ1n) is 5.59. The predicted molar refractivity (Wildman–Crippen MR) is 83.2 cm³/mol. The van der Waals surface area contributed by atoms with Crippen molar-refractivity contribution in [1.82, 2.24) is 10.2 Å². The van der Waals surface area contributed by atoms with Crippen LogP contribution >= 0.6 is 39.9 Å². The first-order valence-corrected chi connectivity index (χ1v) is 7.77. The molecule has 0 aromatic heterocycles. The van der Waals surface area contributed by atoms with Gasteiger partial charge in [-0.05, 0) is 18.2 Å². The Bertz CT molecular complexity index is 520. The van der Waals surface area contributed by atoms with E-state index in [1.165, 1.54) is 16.7 Å². The van der Waals surface area contributed by atoms with Crippen molar-refractivity contribution in [3.05, 3.63) is 34.3 Å². The molecule has 1 N–H and O–H groups in total. The number of carbonyl (C=O) groups is 2. The van der Waals surface area contributed by atoms with Crippen LogP contribution in [0.2, 0.25) is 0 Å². The van der Waals surface area contributed by atoms with Gasteiger partial charge in [0.25, 0.3) is 5.91 Å². The van der Waals surface area contributed by atoms with Crippen molar-refractivity contribution in [1.29, 1.82) is 0 Å². The highest BCUT2D eigenvalue weighted by molar-refractivity contribution is 9.10. The van der Waals surface area contributed by atoms with E-state index in [1.807, 2.05) is 6.07 Å². The lowest BCUT2D eigenvalue weighted by atomic mass is 10.2. The molecule has 1 aromatic carbocycles. The van der Waals surface area contributed by atoms with Crippen molar-refractivity contribution in [2.45, 2.75) is 0 Å². The Balaban J connectivity index is 1.84. The molecule has 100 valence electrons. The number of thioether (sulfide) groups is 1. The third-order valence-corrected chi connectivity index (χ3v) is 4.47. The van der Waals surface area contributed by atoms with Gasteiger partial charge in [-0.25, -0.2) is 0 Å². The van der Waals surface area contributed by atoms with Crippen LogP contribution in [-0.4, -0.2) is 39.9 Å². The molecular weight excluding hydrogens is 348 g/mol. The highest BCUT2D eigenvalue weighted by atomic mass is 79.9. The molecule has 1 aromatic rings. The van der Waals surface area contributed by atoms with Gasteiger partial charge in [0.05, 0.1) is 5.75 Å². The number of hydrogen-bond acceptors (Lipinski definition) is 4. The molecule has 0 aliphatic carbocycles. The summed E-state index contributed by atoms with van der Waals surface area (Å²) in [5.74, 6) is 0.247. The molecule has 2 rings (SSSR count). The molecule has 1 saturated heterocycles. The summed E-state index contributed by atoms with van der Waals surface area (Å²) in [7, 11) is 0. The Hall–Kier alpha value is -0.920. The van der Waals surface area contributed by atoms with Gasteiger partial charge < -0.3 is 5.32 Å². The summed E-state index contributed by atoms with van der Waals surface area (Å²) in [5.41, 5.74) is 0.582. The maximum atomic E-state index is 11.9. The number of carbonyl (C=O) groups excluding carboxylic acids is 2. The maximum absolute atomic E-state index is 11.9. The highest BCUT2D eigenvalue weighted by Crippen LogP contribution is 2.18. The van der Waals surface area contributed by atoms with Crippen LogP contribution in [0.3, 0.4) is 0 Å². The van der Waals surface area contributed by atoms with Crippen LogP contribution in [0, 0.1) is 0 Å². The second kappa shape index (κ2) is 6.49. The van der Waals surface area contributed by atoms with Crippen molar-refractivity contribution in [3.63, 3.8) is 0 Å². The largest absolute Gasteiger partial charge is 0.350 e. The minimum absolute atomic E-state index is 0.00621. The summed E-state index contributed by atoms with van der Waals surface area (Å²) >= 11 is 9.73. The fraction of sp³-hybridized carbons (Fsp3) is 0.250. The van der Waals surface area contributed by atoms with Crippen LogP contribution in [0.4, 0.5) is 0 Å². The Morgan fingerprint density at radius 1 is 1.53 bits per heavy atom. The lowest BCUT2D eigenvalue weighted by molar-refractivity contribution is -0.123. The van der Waals surface area contributed by atoms with Crippen LogP contribution in [0.15, 0.2) is 28.7 Å². The normalized spacial score (nSPS) is 14.9. The molecule has 0 bridgehead atoms. The van der Waals surface area contributed by atoms with Crippen LogP contribution in [0.1, 0.15) is 10.4 Å². The number of halogens is 1. The molecule has 1 fully saturated rings. The molecule has 1 aliphatic rings. The first-order chi connectivity index (χ1) is 9.08. The molecule has 2 amide bonds. The van der Waals surface area contributed by atoms with E-state index in [1.54, 1.807) is 18.2 Å². The summed E-state index contributed by atoms with van der Waals surface area (Å²) in [6.07, 6.45) is 0. The summed E-state index contributed by atoms with van der Waals surface area (Å²) in [4.78, 5) is 24.9. The molecule has 4 nitrogen and oxygen atoms in total. The van der Waals surface area contributed by atoms with Crippen LogP contribution < -0.4 is 5.32 Å². The Morgan fingerprint density at radius 3 is 2.95 bits per heavy atom. The number of rotatable bonds is 4. The molecule has 1 heterocycles. The third kappa shape index (κ3) is 3.77. The molecule has 0 atom stereocenters. The van der Waals surface area contributed by atoms with E-state index >= 15 is 0 Å². The lowest BCUT2D eigenvalue weighted by Crippen LogP contribution is -2.37. The van der Waals surface area contributed by atoms with E-state index in [-0.39, 0.29) is 11.8 Å². The van der Waals surface area contributed by atoms with E-state index in [0.717, 1.165) is 4.47 Å². The second-order valence-corrected chi connectivity index (χ2v) is 6.39. The van der Waals surface area contributed by atoms with E-state index < -0.39 is 0 Å². The van der Waals surface area contributed by atoms with Gasteiger partial charge in [0, 0.05) is 23.1 Å². The van der Waals surface area contributed by atoms with E-state index in [2.05, 4.69) is 21.2 Å². The van der Waals surface area contributed by atoms with Crippen LogP contribution in [0.25, 0.3) is 0 Å². The number of nitrogens with zero attached hydrogens (tertiary/aromatic N) is 1. The monoisotopic (exact) mass is 358 g/mol. The Labute approximate surface area is 129 Å². The van der Waals surface area contributed by atoms with Gasteiger partial charge in [-0.15, -0.1) is 0 Å². The van der Waals surface area contributed by atoms with Gasteiger partial charge in [0.15, 0.2) is 0 Å². The van der Waals surface area contributed by atoms with E-state index in [0.29, 0.717) is 28.7 Å². The van der Waals surface area contributed by atoms with Crippen molar-refractivity contribution in [3.8, 4) is 0 Å². The van der Waals surface area contributed by atoms with Gasteiger partial charge in [-0.3, -0.25) is 14.5 Å². The molecule has 1 aliphatic heterocycles. The molecule has 19 heavy (non-hydrogen) atoms. The third-order valence-electron chi connectivity index (χ3n) is 2.55. The Kier molecular flexibility index (Phi) is 4.95. The summed E-state index contributed by atoms with van der Waals surface area (Å²) in [5, 5.41) is 2.77. The SMILES string of the molecule is O=C(NCCN1C(=O)CSC1=S)c1cccc(Br)c1. The minimum Gasteiger partial charge on any atom is -0.350 e. The van der Waals surface area contributed by atoms with Gasteiger partial charge in [0.2, 0.25) is 5.91 Å². The van der Waals surface area contributed by atoms with Crippen molar-refractivity contribution in [2.24, 2.45) is 0 Å². The minimum atomic E-state index is -0.161. The highest BCUT2D eigenvalue weighted by Gasteiger charge is 2.25.